The van der Waals surface area contributed by atoms with Crippen LogP contribution in [0.4, 0.5) is 0 Å². The van der Waals surface area contributed by atoms with Crippen molar-refractivity contribution in [1.82, 2.24) is 0 Å². The molecule has 2 heteroatoms. The summed E-state index contributed by atoms with van der Waals surface area (Å²) in [4.78, 5) is 11.0. The average Bonchev–Trinajstić information content (AvgIpc) is 2.05. The van der Waals surface area contributed by atoms with E-state index in [9.17, 15) is 4.79 Å². The minimum absolute atomic E-state index is 0.530. The maximum Gasteiger partial charge on any atom is 0.309 e. The highest BCUT2D eigenvalue weighted by molar-refractivity contribution is 5.73. The summed E-state index contributed by atoms with van der Waals surface area (Å²) in [6.07, 6.45) is 6.12. The first-order valence-electron chi connectivity index (χ1n) is 4.91. The normalized spacial score (nSPS) is 14.9. The molecular weight excluding hydrogens is 164 g/mol. The first kappa shape index (κ1) is 12.2. The molecule has 76 valence electrons. The highest BCUT2D eigenvalue weighted by atomic mass is 16.4. The van der Waals surface area contributed by atoms with Crippen molar-refractivity contribution in [2.45, 2.75) is 46.0 Å². The number of hydrogen-bond acceptors (Lipinski definition) is 1. The lowest BCUT2D eigenvalue weighted by molar-refractivity contribution is -0.148. The van der Waals surface area contributed by atoms with E-state index in [-0.39, 0.29) is 0 Å². The molecule has 2 nitrogen and oxygen atoms in total. The van der Waals surface area contributed by atoms with Crippen molar-refractivity contribution in [2.75, 3.05) is 0 Å². The van der Waals surface area contributed by atoms with Crippen LogP contribution in [0.15, 0.2) is 12.7 Å². The van der Waals surface area contributed by atoms with E-state index in [1.165, 1.54) is 0 Å². The summed E-state index contributed by atoms with van der Waals surface area (Å²) in [5.74, 6) is -0.668. The molecule has 0 amide bonds. The fraction of sp³-hybridized carbons (Fsp3) is 0.727. The Morgan fingerprint density at radius 2 is 2.15 bits per heavy atom. The molecule has 0 saturated carbocycles. The molecule has 0 aromatic rings. The number of carboxylic acid groups (broad SMARTS) is 1. The third kappa shape index (κ3) is 4.11. The Hall–Kier alpha value is -0.790. The zero-order valence-corrected chi connectivity index (χ0v) is 8.68. The summed E-state index contributed by atoms with van der Waals surface area (Å²) in [6.45, 7) is 7.48. The predicted molar refractivity (Wildman–Crippen MR) is 54.7 cm³/mol. The molecule has 0 saturated heterocycles. The molecule has 1 N–H and O–H groups in total. The lowest BCUT2D eigenvalue weighted by Crippen LogP contribution is -2.27. The molecule has 0 rings (SSSR count). The van der Waals surface area contributed by atoms with Gasteiger partial charge in [-0.1, -0.05) is 19.4 Å². The molecule has 1 unspecified atom stereocenters. The van der Waals surface area contributed by atoms with Gasteiger partial charge in [-0.05, 0) is 32.6 Å². The number of unbranched alkanes of at least 4 members (excludes halogenated alkanes) is 1. The molecule has 0 radical (unpaired) electrons. The molecule has 0 aliphatic carbocycles. The Kier molecular flexibility index (Phi) is 5.44. The van der Waals surface area contributed by atoms with Crippen LogP contribution in [0.5, 0.6) is 0 Å². The third-order valence-corrected chi connectivity index (χ3v) is 2.45. The predicted octanol–water partition coefficient (Wildman–Crippen LogP) is 3.23. The van der Waals surface area contributed by atoms with E-state index < -0.39 is 11.4 Å². The minimum Gasteiger partial charge on any atom is -0.481 e. The second kappa shape index (κ2) is 5.79. The van der Waals surface area contributed by atoms with Crippen LogP contribution < -0.4 is 0 Å². The van der Waals surface area contributed by atoms with Gasteiger partial charge >= 0.3 is 5.97 Å². The topological polar surface area (TPSA) is 37.3 Å². The van der Waals surface area contributed by atoms with Crippen LogP contribution in [0.3, 0.4) is 0 Å². The summed E-state index contributed by atoms with van der Waals surface area (Å²) < 4.78 is 0. The minimum atomic E-state index is -0.668. The van der Waals surface area contributed by atoms with Crippen LogP contribution in [-0.4, -0.2) is 11.1 Å². The van der Waals surface area contributed by atoms with E-state index >= 15 is 0 Å². The van der Waals surface area contributed by atoms with Gasteiger partial charge in [0.05, 0.1) is 5.41 Å². The molecule has 0 spiro atoms. The van der Waals surface area contributed by atoms with Gasteiger partial charge in [-0.3, -0.25) is 4.79 Å². The Bertz CT molecular complexity index is 175. The average molecular weight is 184 g/mol. The molecule has 0 aromatic carbocycles. The van der Waals surface area contributed by atoms with Crippen molar-refractivity contribution >= 4 is 5.97 Å². The second-order valence-electron chi connectivity index (χ2n) is 3.80. The summed E-state index contributed by atoms with van der Waals surface area (Å²) in [5, 5.41) is 9.04. The lowest BCUT2D eigenvalue weighted by Gasteiger charge is -2.23. The number of rotatable bonds is 7. The monoisotopic (exact) mass is 184 g/mol. The van der Waals surface area contributed by atoms with Crippen molar-refractivity contribution < 1.29 is 9.90 Å². The van der Waals surface area contributed by atoms with Gasteiger partial charge in [0.2, 0.25) is 0 Å². The first-order valence-corrected chi connectivity index (χ1v) is 4.91. The lowest BCUT2D eigenvalue weighted by atomic mass is 9.81. The van der Waals surface area contributed by atoms with E-state index in [2.05, 4.69) is 6.58 Å². The number of allylic oxidation sites excluding steroid dienone is 1. The maximum atomic E-state index is 11.0. The van der Waals surface area contributed by atoms with Gasteiger partial charge in [0.1, 0.15) is 0 Å². The molecule has 0 aromatic heterocycles. The largest absolute Gasteiger partial charge is 0.481 e. The van der Waals surface area contributed by atoms with Crippen molar-refractivity contribution in [1.29, 1.82) is 0 Å². The summed E-state index contributed by atoms with van der Waals surface area (Å²) in [6, 6.07) is 0. The Balaban J connectivity index is 4.07. The highest BCUT2D eigenvalue weighted by Crippen LogP contribution is 2.29. The zero-order chi connectivity index (χ0) is 10.3. The molecule has 0 bridgehead atoms. The van der Waals surface area contributed by atoms with Crippen molar-refractivity contribution in [3.8, 4) is 0 Å². The maximum absolute atomic E-state index is 11.0. The molecular formula is C11H20O2. The SMILES string of the molecule is C=CCCCC(C)(CCC)C(=O)O. The van der Waals surface area contributed by atoms with Gasteiger partial charge in [0.15, 0.2) is 0 Å². The quantitative estimate of drug-likeness (QED) is 0.487. The van der Waals surface area contributed by atoms with Crippen molar-refractivity contribution in [3.63, 3.8) is 0 Å². The van der Waals surface area contributed by atoms with Gasteiger partial charge in [0, 0.05) is 0 Å². The smallest absolute Gasteiger partial charge is 0.309 e. The Labute approximate surface area is 80.7 Å². The van der Waals surface area contributed by atoms with Crippen molar-refractivity contribution in [2.24, 2.45) is 5.41 Å². The van der Waals surface area contributed by atoms with E-state index in [1.54, 1.807) is 0 Å². The molecule has 1 atom stereocenters. The van der Waals surface area contributed by atoms with Crippen LogP contribution >= 0.6 is 0 Å². The second-order valence-corrected chi connectivity index (χ2v) is 3.80. The van der Waals surface area contributed by atoms with Gasteiger partial charge < -0.3 is 5.11 Å². The van der Waals surface area contributed by atoms with Gasteiger partial charge in [-0.25, -0.2) is 0 Å². The van der Waals surface area contributed by atoms with E-state index in [4.69, 9.17) is 5.11 Å². The third-order valence-electron chi connectivity index (χ3n) is 2.45. The van der Waals surface area contributed by atoms with Crippen molar-refractivity contribution in [3.05, 3.63) is 12.7 Å². The van der Waals surface area contributed by atoms with E-state index in [0.29, 0.717) is 0 Å². The van der Waals surface area contributed by atoms with E-state index in [0.717, 1.165) is 32.1 Å². The highest BCUT2D eigenvalue weighted by Gasteiger charge is 2.30. The van der Waals surface area contributed by atoms with Crippen LogP contribution in [0.25, 0.3) is 0 Å². The number of hydrogen-bond donors (Lipinski definition) is 1. The van der Waals surface area contributed by atoms with Crippen LogP contribution in [-0.2, 0) is 4.79 Å². The fourth-order valence-electron chi connectivity index (χ4n) is 1.53. The number of aliphatic carboxylic acids is 1. The fourth-order valence-corrected chi connectivity index (χ4v) is 1.53. The first-order chi connectivity index (χ1) is 6.06. The molecule has 0 heterocycles. The standard InChI is InChI=1S/C11H20O2/c1-4-6-7-9-11(3,8-5-2)10(12)13/h4H,1,5-9H2,2-3H3,(H,12,13). The van der Waals surface area contributed by atoms with E-state index in [1.807, 2.05) is 19.9 Å². The molecule has 0 fully saturated rings. The van der Waals surface area contributed by atoms with Gasteiger partial charge in [-0.2, -0.15) is 0 Å². The molecule has 0 aliphatic heterocycles. The number of carbonyl (C=O) groups is 1. The zero-order valence-electron chi connectivity index (χ0n) is 8.68. The van der Waals surface area contributed by atoms with Crippen LogP contribution in [0, 0.1) is 5.41 Å². The summed E-state index contributed by atoms with van der Waals surface area (Å²) in [7, 11) is 0. The van der Waals surface area contributed by atoms with Gasteiger partial charge in [-0.15, -0.1) is 6.58 Å². The molecule has 13 heavy (non-hydrogen) atoms. The molecule has 0 aliphatic rings. The van der Waals surface area contributed by atoms with Gasteiger partial charge in [0.25, 0.3) is 0 Å². The van der Waals surface area contributed by atoms with Crippen LogP contribution in [0.2, 0.25) is 0 Å². The van der Waals surface area contributed by atoms with Crippen LogP contribution in [0.1, 0.15) is 46.0 Å². The summed E-state index contributed by atoms with van der Waals surface area (Å²) >= 11 is 0. The summed E-state index contributed by atoms with van der Waals surface area (Å²) in [5.41, 5.74) is -0.530. The Morgan fingerprint density at radius 3 is 2.54 bits per heavy atom. The Morgan fingerprint density at radius 1 is 1.54 bits per heavy atom. The number of carboxylic acids is 1.